The Morgan fingerprint density at radius 2 is 1.93 bits per heavy atom. The van der Waals surface area contributed by atoms with Gasteiger partial charge >= 0.3 is 0 Å². The number of piperazine rings is 1. The lowest BCUT2D eigenvalue weighted by Gasteiger charge is -2.44. The van der Waals surface area contributed by atoms with Crippen molar-refractivity contribution in [3.05, 3.63) is 57.3 Å². The van der Waals surface area contributed by atoms with Crippen LogP contribution in [0.5, 0.6) is 0 Å². The van der Waals surface area contributed by atoms with Gasteiger partial charge in [0.15, 0.2) is 5.01 Å². The number of aryl methyl sites for hydroxylation is 1. The van der Waals surface area contributed by atoms with E-state index in [4.69, 9.17) is 0 Å². The molecule has 2 aromatic heterocycles. The molecule has 1 saturated heterocycles. The van der Waals surface area contributed by atoms with Gasteiger partial charge in [0.2, 0.25) is 0 Å². The van der Waals surface area contributed by atoms with Gasteiger partial charge in [0.05, 0.1) is 43.8 Å². The lowest BCUT2D eigenvalue weighted by atomic mass is 10.1. The number of carbonyl (C=O) groups excluding carboxylic acids is 1. The fourth-order valence-corrected chi connectivity index (χ4v) is 5.23. The average molecular weight is 418 g/mol. The molecule has 0 unspecified atom stereocenters. The monoisotopic (exact) mass is 417 g/mol. The number of likely N-dealkylation sites (N-methyl/N-ethyl adjacent to an activating group) is 1. The number of nitrogens with zero attached hydrogens (tertiary/aromatic N) is 3. The Morgan fingerprint density at radius 3 is 2.54 bits per heavy atom. The zero-order valence-corrected chi connectivity index (χ0v) is 17.3. The molecule has 1 amide bonds. The van der Waals surface area contributed by atoms with Gasteiger partial charge in [-0.3, -0.25) is 4.79 Å². The lowest BCUT2D eigenvalue weighted by Crippen LogP contribution is -2.55. The molecule has 1 aliphatic rings. The summed E-state index contributed by atoms with van der Waals surface area (Å²) in [6, 6.07) is 8.24. The van der Waals surface area contributed by atoms with E-state index >= 15 is 0 Å². The topological polar surface area (TPSA) is 56.3 Å². The predicted molar refractivity (Wildman–Crippen MR) is 111 cm³/mol. The minimum absolute atomic E-state index is 0.146. The highest BCUT2D eigenvalue weighted by Gasteiger charge is 2.29. The Labute approximate surface area is 170 Å². The number of hydrogen-bond donors (Lipinski definition) is 0. The fraction of sp³-hybridized carbons (Fsp3) is 0.300. The Balaban J connectivity index is 1.71. The number of carbonyl (C=O) groups is 1. The van der Waals surface area contributed by atoms with E-state index in [1.165, 1.54) is 23.5 Å². The third-order valence-electron chi connectivity index (χ3n) is 4.86. The molecule has 1 aromatic carbocycles. The SMILES string of the molecule is Cc1csc(-c2sc(C(=O)N3CC[N+](C)([O-])CC3)nc2-c2ccc(F)cc2)c1. The zero-order chi connectivity index (χ0) is 19.9. The van der Waals surface area contributed by atoms with E-state index in [-0.39, 0.29) is 16.4 Å². The van der Waals surface area contributed by atoms with Gasteiger partial charge < -0.3 is 14.8 Å². The highest BCUT2D eigenvalue weighted by molar-refractivity contribution is 7.22. The summed E-state index contributed by atoms with van der Waals surface area (Å²) in [6.45, 7) is 3.66. The molecular weight excluding hydrogens is 397 g/mol. The largest absolute Gasteiger partial charge is 0.633 e. The summed E-state index contributed by atoms with van der Waals surface area (Å²) in [7, 11) is 1.63. The number of thiazole rings is 1. The molecule has 3 aromatic rings. The van der Waals surface area contributed by atoms with Crippen LogP contribution in [0.4, 0.5) is 4.39 Å². The first kappa shape index (κ1) is 19.2. The molecule has 0 spiro atoms. The second kappa shape index (κ2) is 7.36. The summed E-state index contributed by atoms with van der Waals surface area (Å²) in [5.41, 5.74) is 2.62. The first-order chi connectivity index (χ1) is 13.3. The molecule has 0 saturated carbocycles. The minimum atomic E-state index is -0.317. The molecule has 5 nitrogen and oxygen atoms in total. The van der Waals surface area contributed by atoms with Crippen LogP contribution in [-0.4, -0.2) is 53.7 Å². The molecule has 1 fully saturated rings. The van der Waals surface area contributed by atoms with Crippen molar-refractivity contribution < 1.29 is 13.8 Å². The van der Waals surface area contributed by atoms with Crippen LogP contribution in [0, 0.1) is 17.9 Å². The Hall–Kier alpha value is -2.13. The summed E-state index contributed by atoms with van der Waals surface area (Å²) < 4.78 is 13.0. The second-order valence-corrected chi connectivity index (χ2v) is 9.14. The average Bonchev–Trinajstić information content (AvgIpc) is 3.28. The number of thiophene rings is 1. The van der Waals surface area contributed by atoms with Gasteiger partial charge in [0.1, 0.15) is 5.82 Å². The molecule has 0 N–H and O–H groups in total. The van der Waals surface area contributed by atoms with E-state index < -0.39 is 0 Å². The maximum absolute atomic E-state index is 13.4. The first-order valence-corrected chi connectivity index (χ1v) is 10.7. The van der Waals surface area contributed by atoms with Gasteiger partial charge in [-0.15, -0.1) is 22.7 Å². The van der Waals surface area contributed by atoms with Crippen LogP contribution in [0.15, 0.2) is 35.7 Å². The molecule has 28 heavy (non-hydrogen) atoms. The maximum atomic E-state index is 13.4. The van der Waals surface area contributed by atoms with Crippen LogP contribution in [0.2, 0.25) is 0 Å². The number of amides is 1. The van der Waals surface area contributed by atoms with Crippen LogP contribution in [0.3, 0.4) is 0 Å². The molecule has 8 heteroatoms. The van der Waals surface area contributed by atoms with E-state index in [1.807, 2.05) is 6.92 Å². The Kier molecular flexibility index (Phi) is 5.05. The summed E-state index contributed by atoms with van der Waals surface area (Å²) in [5.74, 6) is -0.455. The van der Waals surface area contributed by atoms with Crippen LogP contribution >= 0.6 is 22.7 Å². The van der Waals surface area contributed by atoms with Gasteiger partial charge in [-0.1, -0.05) is 0 Å². The molecule has 1 aliphatic heterocycles. The van der Waals surface area contributed by atoms with Crippen LogP contribution in [0.25, 0.3) is 21.0 Å². The Morgan fingerprint density at radius 1 is 1.25 bits per heavy atom. The number of quaternary nitrogens is 1. The number of benzene rings is 1. The van der Waals surface area contributed by atoms with Crippen molar-refractivity contribution in [3.8, 4) is 21.0 Å². The van der Waals surface area contributed by atoms with Gasteiger partial charge in [-0.25, -0.2) is 9.37 Å². The number of rotatable bonds is 3. The van der Waals surface area contributed by atoms with Crippen molar-refractivity contribution in [2.45, 2.75) is 6.92 Å². The smallest absolute Gasteiger partial charge is 0.283 e. The predicted octanol–water partition coefficient (Wildman–Crippen LogP) is 4.39. The number of hydrogen-bond acceptors (Lipinski definition) is 5. The quantitative estimate of drug-likeness (QED) is 0.469. The Bertz CT molecular complexity index is 1000. The molecular formula is C20H20FN3O2S2. The van der Waals surface area contributed by atoms with Gasteiger partial charge in [0, 0.05) is 10.4 Å². The van der Waals surface area contributed by atoms with E-state index in [0.29, 0.717) is 36.9 Å². The summed E-state index contributed by atoms with van der Waals surface area (Å²) in [5, 5.41) is 14.5. The number of halogens is 1. The molecule has 0 radical (unpaired) electrons. The molecule has 146 valence electrons. The van der Waals surface area contributed by atoms with Crippen LogP contribution in [0.1, 0.15) is 15.4 Å². The summed E-state index contributed by atoms with van der Waals surface area (Å²) >= 11 is 2.96. The van der Waals surface area contributed by atoms with Crippen molar-refractivity contribution >= 4 is 28.6 Å². The maximum Gasteiger partial charge on any atom is 0.283 e. The highest BCUT2D eigenvalue weighted by atomic mass is 32.1. The number of aromatic nitrogens is 1. The van der Waals surface area contributed by atoms with Gasteiger partial charge in [-0.2, -0.15) is 0 Å². The second-order valence-electron chi connectivity index (χ2n) is 7.23. The van der Waals surface area contributed by atoms with Gasteiger partial charge in [0.25, 0.3) is 5.91 Å². The zero-order valence-electron chi connectivity index (χ0n) is 15.6. The van der Waals surface area contributed by atoms with Crippen molar-refractivity contribution in [2.24, 2.45) is 0 Å². The lowest BCUT2D eigenvalue weighted by molar-refractivity contribution is -0.864. The van der Waals surface area contributed by atoms with E-state index in [0.717, 1.165) is 20.9 Å². The van der Waals surface area contributed by atoms with Crippen LogP contribution < -0.4 is 0 Å². The van der Waals surface area contributed by atoms with E-state index in [1.54, 1.807) is 35.4 Å². The fourth-order valence-electron chi connectivity index (χ4n) is 3.16. The third kappa shape index (κ3) is 3.86. The summed E-state index contributed by atoms with van der Waals surface area (Å²) in [6.07, 6.45) is 0. The molecule has 0 atom stereocenters. The van der Waals surface area contributed by atoms with Crippen molar-refractivity contribution in [2.75, 3.05) is 33.2 Å². The minimum Gasteiger partial charge on any atom is -0.633 e. The van der Waals surface area contributed by atoms with E-state index in [9.17, 15) is 14.4 Å². The van der Waals surface area contributed by atoms with E-state index in [2.05, 4.69) is 16.4 Å². The first-order valence-electron chi connectivity index (χ1n) is 8.99. The van der Waals surface area contributed by atoms with Crippen LogP contribution in [-0.2, 0) is 0 Å². The highest BCUT2D eigenvalue weighted by Crippen LogP contribution is 2.40. The summed E-state index contributed by atoms with van der Waals surface area (Å²) in [4.78, 5) is 21.3. The van der Waals surface area contributed by atoms with Crippen molar-refractivity contribution in [1.29, 1.82) is 0 Å². The third-order valence-corrected chi connectivity index (χ3v) is 7.13. The normalized spacial score (nSPS) is 16.4. The molecule has 4 rings (SSSR count). The van der Waals surface area contributed by atoms with Crippen molar-refractivity contribution in [1.82, 2.24) is 9.88 Å². The molecule has 0 bridgehead atoms. The molecule has 3 heterocycles. The standard InChI is InChI=1S/C20H20FN3O2S2/c1-13-11-16(27-12-13)18-17(14-3-5-15(21)6-4-14)22-19(28-18)20(25)23-7-9-24(2,26)10-8-23/h3-6,11-12H,7-10H2,1-2H3. The van der Waals surface area contributed by atoms with Gasteiger partial charge in [-0.05, 0) is 48.2 Å². The molecule has 0 aliphatic carbocycles. The number of hydroxylamine groups is 3. The van der Waals surface area contributed by atoms with Crippen molar-refractivity contribution in [3.63, 3.8) is 0 Å².